The Labute approximate surface area is 170 Å². The second-order valence-corrected chi connectivity index (χ2v) is 5.98. The zero-order valence-electron chi connectivity index (χ0n) is 16.2. The van der Waals surface area contributed by atoms with Gasteiger partial charge in [0.25, 0.3) is 0 Å². The zero-order chi connectivity index (χ0) is 21.8. The molecule has 0 saturated carbocycles. The summed E-state index contributed by atoms with van der Waals surface area (Å²) in [7, 11) is 2.73. The van der Waals surface area contributed by atoms with Crippen LogP contribution in [0.1, 0.15) is 18.1 Å². The molecule has 0 amide bonds. The van der Waals surface area contributed by atoms with E-state index >= 15 is 0 Å². The molecule has 154 valence electrons. The highest BCUT2D eigenvalue weighted by atomic mass is 16.6. The number of esters is 2. The van der Waals surface area contributed by atoms with E-state index in [-0.39, 0.29) is 34.3 Å². The number of methoxy groups -OCH3 is 2. The summed E-state index contributed by atoms with van der Waals surface area (Å²) in [5.74, 6) is -0.685. The summed E-state index contributed by atoms with van der Waals surface area (Å²) in [6.07, 6.45) is 1.45. The van der Waals surface area contributed by atoms with Crippen LogP contribution in [0.15, 0.2) is 47.1 Å². The Morgan fingerprint density at radius 1 is 1.10 bits per heavy atom. The van der Waals surface area contributed by atoms with E-state index in [0.717, 1.165) is 0 Å². The van der Waals surface area contributed by atoms with Crippen molar-refractivity contribution in [2.45, 2.75) is 6.92 Å². The van der Waals surface area contributed by atoms with E-state index in [1.165, 1.54) is 51.5 Å². The Balaban J connectivity index is 1.94. The summed E-state index contributed by atoms with van der Waals surface area (Å²) >= 11 is 0. The van der Waals surface area contributed by atoms with Gasteiger partial charge >= 0.3 is 17.6 Å². The lowest BCUT2D eigenvalue weighted by molar-refractivity contribution is -0.385. The number of hydrogen-bond donors (Lipinski definition) is 0. The number of carbonyl (C=O) groups excluding carboxylic acids is 2. The number of rotatable bonds is 6. The van der Waals surface area contributed by atoms with Crippen LogP contribution in [0.4, 0.5) is 5.69 Å². The van der Waals surface area contributed by atoms with Gasteiger partial charge < -0.3 is 18.9 Å². The van der Waals surface area contributed by atoms with Gasteiger partial charge in [0.15, 0.2) is 22.9 Å². The quantitative estimate of drug-likeness (QED) is 0.233. The third-order valence-electron chi connectivity index (χ3n) is 3.99. The van der Waals surface area contributed by atoms with Crippen LogP contribution in [0.2, 0.25) is 0 Å². The Hall–Kier alpha value is -4.21. The largest absolute Gasteiger partial charge is 0.493 e. The van der Waals surface area contributed by atoms with Crippen molar-refractivity contribution in [1.29, 1.82) is 0 Å². The number of hydrogen-bond acceptors (Lipinski definition) is 9. The van der Waals surface area contributed by atoms with Gasteiger partial charge in [0.2, 0.25) is 5.90 Å². The van der Waals surface area contributed by atoms with Crippen molar-refractivity contribution >= 4 is 29.6 Å². The molecule has 0 unspecified atom stereocenters. The van der Waals surface area contributed by atoms with E-state index in [2.05, 4.69) is 4.99 Å². The zero-order valence-corrected chi connectivity index (χ0v) is 16.2. The number of benzene rings is 2. The molecule has 2 aromatic carbocycles. The van der Waals surface area contributed by atoms with Gasteiger partial charge in [-0.05, 0) is 35.9 Å². The molecule has 1 heterocycles. The minimum Gasteiger partial charge on any atom is -0.493 e. The monoisotopic (exact) mass is 412 g/mol. The lowest BCUT2D eigenvalue weighted by Crippen LogP contribution is -2.06. The first kappa shape index (κ1) is 20.5. The van der Waals surface area contributed by atoms with Crippen molar-refractivity contribution < 1.29 is 33.5 Å². The molecule has 0 aliphatic carbocycles. The average Bonchev–Trinajstić information content (AvgIpc) is 3.08. The Morgan fingerprint density at radius 3 is 2.43 bits per heavy atom. The van der Waals surface area contributed by atoms with Gasteiger partial charge in [-0.2, -0.15) is 0 Å². The summed E-state index contributed by atoms with van der Waals surface area (Å²) in [6.45, 7) is 1.27. The number of carbonyl (C=O) groups is 2. The van der Waals surface area contributed by atoms with Crippen molar-refractivity contribution in [1.82, 2.24) is 0 Å². The van der Waals surface area contributed by atoms with Crippen molar-refractivity contribution in [3.63, 3.8) is 0 Å². The van der Waals surface area contributed by atoms with E-state index < -0.39 is 16.9 Å². The minimum absolute atomic E-state index is 0.00856. The van der Waals surface area contributed by atoms with Gasteiger partial charge in [0.05, 0.1) is 19.1 Å². The van der Waals surface area contributed by atoms with E-state index in [1.807, 2.05) is 0 Å². The topological polar surface area (TPSA) is 127 Å². The summed E-state index contributed by atoms with van der Waals surface area (Å²) in [4.78, 5) is 38.1. The molecule has 0 fully saturated rings. The second-order valence-electron chi connectivity index (χ2n) is 5.98. The lowest BCUT2D eigenvalue weighted by Gasteiger charge is -2.08. The maximum absolute atomic E-state index is 12.2. The standard InChI is InChI=1S/C20H16N2O8/c1-11(23)29-17-6-4-12(9-18(17)28-3)8-14-20(24)30-19(21-14)13-5-7-16(27-2)15(10-13)22(25)26/h4-10H,1-3H3/b14-8+. The van der Waals surface area contributed by atoms with Gasteiger partial charge in [0.1, 0.15) is 0 Å². The van der Waals surface area contributed by atoms with Crippen molar-refractivity contribution in [3.8, 4) is 17.2 Å². The highest BCUT2D eigenvalue weighted by molar-refractivity contribution is 6.13. The first-order chi connectivity index (χ1) is 14.3. The minimum atomic E-state index is -0.716. The predicted molar refractivity (Wildman–Crippen MR) is 105 cm³/mol. The van der Waals surface area contributed by atoms with Crippen LogP contribution in [0.3, 0.4) is 0 Å². The fraction of sp³-hybridized carbons (Fsp3) is 0.150. The number of nitro groups is 1. The highest BCUT2D eigenvalue weighted by Crippen LogP contribution is 2.31. The van der Waals surface area contributed by atoms with Gasteiger partial charge in [-0.25, -0.2) is 9.79 Å². The van der Waals surface area contributed by atoms with Crippen LogP contribution in [-0.4, -0.2) is 37.0 Å². The normalized spacial score (nSPS) is 14.2. The maximum Gasteiger partial charge on any atom is 0.363 e. The number of cyclic esters (lactones) is 1. The molecule has 0 radical (unpaired) electrons. The van der Waals surface area contributed by atoms with Crippen LogP contribution >= 0.6 is 0 Å². The summed E-state index contributed by atoms with van der Waals surface area (Å²) in [6, 6.07) is 8.79. The van der Waals surface area contributed by atoms with Gasteiger partial charge in [0, 0.05) is 18.6 Å². The van der Waals surface area contributed by atoms with Crippen LogP contribution in [0.5, 0.6) is 17.2 Å². The van der Waals surface area contributed by atoms with Gasteiger partial charge in [-0.15, -0.1) is 0 Å². The van der Waals surface area contributed by atoms with Crippen molar-refractivity contribution in [2.75, 3.05) is 14.2 Å². The Bertz CT molecular complexity index is 1100. The molecular formula is C20H16N2O8. The molecule has 1 aliphatic heterocycles. The molecule has 0 bridgehead atoms. The third-order valence-corrected chi connectivity index (χ3v) is 3.99. The first-order valence-electron chi connectivity index (χ1n) is 8.54. The molecule has 0 aromatic heterocycles. The van der Waals surface area contributed by atoms with E-state index in [9.17, 15) is 19.7 Å². The van der Waals surface area contributed by atoms with E-state index in [1.54, 1.807) is 12.1 Å². The first-order valence-corrected chi connectivity index (χ1v) is 8.54. The maximum atomic E-state index is 12.2. The van der Waals surface area contributed by atoms with Crippen molar-refractivity contribution in [2.24, 2.45) is 4.99 Å². The predicted octanol–water partition coefficient (Wildman–Crippen LogP) is 2.88. The van der Waals surface area contributed by atoms with Crippen LogP contribution in [0.25, 0.3) is 6.08 Å². The molecule has 10 nitrogen and oxygen atoms in total. The molecule has 0 saturated heterocycles. The summed E-state index contributed by atoms with van der Waals surface area (Å²) in [5, 5.41) is 11.2. The van der Waals surface area contributed by atoms with Crippen molar-refractivity contribution in [3.05, 3.63) is 63.3 Å². The fourth-order valence-corrected chi connectivity index (χ4v) is 2.67. The Kier molecular flexibility index (Phi) is 5.77. The van der Waals surface area contributed by atoms with Crippen LogP contribution in [-0.2, 0) is 14.3 Å². The van der Waals surface area contributed by atoms with Crippen LogP contribution in [0, 0.1) is 10.1 Å². The Morgan fingerprint density at radius 2 is 1.80 bits per heavy atom. The fourth-order valence-electron chi connectivity index (χ4n) is 2.67. The molecule has 1 aliphatic rings. The molecule has 0 N–H and O–H groups in total. The molecule has 2 aromatic rings. The summed E-state index contributed by atoms with van der Waals surface area (Å²) in [5.41, 5.74) is 0.505. The molecule has 30 heavy (non-hydrogen) atoms. The molecular weight excluding hydrogens is 396 g/mol. The molecule has 0 atom stereocenters. The van der Waals surface area contributed by atoms with E-state index in [0.29, 0.717) is 11.3 Å². The average molecular weight is 412 g/mol. The third kappa shape index (κ3) is 4.27. The number of nitro benzene ring substituents is 1. The van der Waals surface area contributed by atoms with E-state index in [4.69, 9.17) is 18.9 Å². The second kappa shape index (κ2) is 8.43. The highest BCUT2D eigenvalue weighted by Gasteiger charge is 2.26. The number of ether oxygens (including phenoxy) is 4. The molecule has 0 spiro atoms. The van der Waals surface area contributed by atoms with Gasteiger partial charge in [-0.1, -0.05) is 6.07 Å². The smallest absolute Gasteiger partial charge is 0.363 e. The summed E-state index contributed by atoms with van der Waals surface area (Å²) < 4.78 is 20.3. The van der Waals surface area contributed by atoms with Gasteiger partial charge in [-0.3, -0.25) is 14.9 Å². The molecule has 3 rings (SSSR count). The number of aliphatic imine (C=N–C) groups is 1. The SMILES string of the molecule is COc1cc(/C=C2/N=C(c3ccc(OC)c([N+](=O)[O-])c3)OC2=O)ccc1OC(C)=O. The lowest BCUT2D eigenvalue weighted by atomic mass is 10.1. The molecule has 10 heteroatoms. The number of nitrogens with zero attached hydrogens (tertiary/aromatic N) is 2. The van der Waals surface area contributed by atoms with Crippen LogP contribution < -0.4 is 14.2 Å².